The minimum atomic E-state index is -0.220. The van der Waals surface area contributed by atoms with E-state index in [2.05, 4.69) is 29.3 Å². The molecule has 0 bridgehead atoms. The van der Waals surface area contributed by atoms with Gasteiger partial charge in [-0.2, -0.15) is 0 Å². The lowest BCUT2D eigenvalue weighted by atomic mass is 10.0. The van der Waals surface area contributed by atoms with Gasteiger partial charge in [0.2, 0.25) is 0 Å². The molecule has 27 heavy (non-hydrogen) atoms. The number of ether oxygens (including phenoxy) is 2. The summed E-state index contributed by atoms with van der Waals surface area (Å²) in [6.07, 6.45) is 2.44. The van der Waals surface area contributed by atoms with E-state index in [-0.39, 0.29) is 6.09 Å². The van der Waals surface area contributed by atoms with Gasteiger partial charge in [-0.15, -0.1) is 0 Å². The zero-order valence-electron chi connectivity index (χ0n) is 16.6. The zero-order chi connectivity index (χ0) is 19.6. The summed E-state index contributed by atoms with van der Waals surface area (Å²) >= 11 is 5.71. The molecule has 0 spiro atoms. The van der Waals surface area contributed by atoms with Crippen LogP contribution in [0, 0.1) is 6.92 Å². The van der Waals surface area contributed by atoms with Crippen LogP contribution in [0.15, 0.2) is 24.3 Å². The molecule has 1 heterocycles. The van der Waals surface area contributed by atoms with Crippen molar-refractivity contribution in [2.45, 2.75) is 39.2 Å². The average Bonchev–Trinajstić information content (AvgIpc) is 2.67. The largest absolute Gasteiger partial charge is 0.450 e. The Labute approximate surface area is 167 Å². The number of nitrogens with one attached hydrogen (secondary N) is 1. The highest BCUT2D eigenvalue weighted by Gasteiger charge is 2.28. The van der Waals surface area contributed by atoms with Gasteiger partial charge in [0, 0.05) is 45.1 Å². The number of amides is 1. The van der Waals surface area contributed by atoms with Crippen LogP contribution in [-0.2, 0) is 9.47 Å². The lowest BCUT2D eigenvalue weighted by molar-refractivity contribution is 0.0861. The van der Waals surface area contributed by atoms with Gasteiger partial charge in [-0.1, -0.05) is 17.7 Å². The fourth-order valence-electron chi connectivity index (χ4n) is 3.24. The molecule has 1 aromatic carbocycles. The Morgan fingerprint density at radius 2 is 1.96 bits per heavy atom. The summed E-state index contributed by atoms with van der Waals surface area (Å²) in [4.78, 5) is 16.0. The Hall–Kier alpha value is -1.86. The minimum absolute atomic E-state index is 0.220. The van der Waals surface area contributed by atoms with Crippen molar-refractivity contribution in [3.8, 4) is 0 Å². The summed E-state index contributed by atoms with van der Waals surface area (Å²) < 4.78 is 10.3. The SMILES string of the molecule is CCOC(=O)N1CCC(N(CCCOC)C(=S)Nc2ccc(C)cc2)CC1. The summed E-state index contributed by atoms with van der Waals surface area (Å²) in [5.74, 6) is 0. The molecule has 0 radical (unpaired) electrons. The third kappa shape index (κ3) is 6.66. The van der Waals surface area contributed by atoms with Crippen LogP contribution in [0.1, 0.15) is 31.7 Å². The maximum absolute atomic E-state index is 11.9. The minimum Gasteiger partial charge on any atom is -0.450 e. The molecule has 0 unspecified atom stereocenters. The molecular weight excluding hydrogens is 362 g/mol. The van der Waals surface area contributed by atoms with Crippen molar-refractivity contribution in [3.05, 3.63) is 29.8 Å². The molecule has 0 atom stereocenters. The van der Waals surface area contributed by atoms with Crippen molar-refractivity contribution >= 4 is 29.1 Å². The van der Waals surface area contributed by atoms with Gasteiger partial charge in [0.05, 0.1) is 6.61 Å². The first-order valence-corrected chi connectivity index (χ1v) is 10.0. The van der Waals surface area contributed by atoms with Crippen molar-refractivity contribution in [2.24, 2.45) is 0 Å². The van der Waals surface area contributed by atoms with Crippen molar-refractivity contribution in [2.75, 3.05) is 45.3 Å². The number of benzene rings is 1. The number of hydrogen-bond acceptors (Lipinski definition) is 4. The first-order chi connectivity index (χ1) is 13.0. The summed E-state index contributed by atoms with van der Waals surface area (Å²) in [5.41, 5.74) is 2.21. The molecule has 1 aromatic rings. The van der Waals surface area contributed by atoms with Crippen LogP contribution in [-0.4, -0.2) is 67.0 Å². The Bertz CT molecular complexity index is 601. The van der Waals surface area contributed by atoms with Crippen LogP contribution in [0.3, 0.4) is 0 Å². The Kier molecular flexibility index (Phi) is 8.81. The van der Waals surface area contributed by atoms with E-state index < -0.39 is 0 Å². The molecule has 0 aromatic heterocycles. The van der Waals surface area contributed by atoms with Gasteiger partial charge >= 0.3 is 6.09 Å². The van der Waals surface area contributed by atoms with Crippen LogP contribution in [0.2, 0.25) is 0 Å². The molecule has 2 rings (SSSR count). The third-order valence-electron chi connectivity index (χ3n) is 4.74. The molecular formula is C20H31N3O3S. The molecule has 1 aliphatic rings. The summed E-state index contributed by atoms with van der Waals surface area (Å²) in [6, 6.07) is 8.52. The summed E-state index contributed by atoms with van der Waals surface area (Å²) in [7, 11) is 1.71. The topological polar surface area (TPSA) is 54.0 Å². The average molecular weight is 394 g/mol. The van der Waals surface area contributed by atoms with Crippen LogP contribution >= 0.6 is 12.2 Å². The number of methoxy groups -OCH3 is 1. The second kappa shape index (κ2) is 11.1. The van der Waals surface area contributed by atoms with Crippen molar-refractivity contribution < 1.29 is 14.3 Å². The molecule has 1 saturated heterocycles. The predicted molar refractivity (Wildman–Crippen MR) is 112 cm³/mol. The highest BCUT2D eigenvalue weighted by atomic mass is 32.1. The van der Waals surface area contributed by atoms with Crippen molar-refractivity contribution in [3.63, 3.8) is 0 Å². The number of piperidine rings is 1. The monoisotopic (exact) mass is 393 g/mol. The number of hydrogen-bond donors (Lipinski definition) is 1. The molecule has 0 saturated carbocycles. The molecule has 1 fully saturated rings. The number of carbonyl (C=O) groups is 1. The van der Waals surface area contributed by atoms with E-state index in [1.807, 2.05) is 19.1 Å². The third-order valence-corrected chi connectivity index (χ3v) is 5.08. The smallest absolute Gasteiger partial charge is 0.409 e. The number of anilines is 1. The van der Waals surface area contributed by atoms with E-state index >= 15 is 0 Å². The van der Waals surface area contributed by atoms with Gasteiger partial charge in [0.15, 0.2) is 5.11 Å². The molecule has 1 aliphatic heterocycles. The normalized spacial score (nSPS) is 14.7. The number of carbonyl (C=O) groups excluding carboxylic acids is 1. The van der Waals surface area contributed by atoms with Gasteiger partial charge in [0.25, 0.3) is 0 Å². The molecule has 1 N–H and O–H groups in total. The standard InChI is InChI=1S/C20H31N3O3S/c1-4-26-20(24)22-13-10-18(11-14-22)23(12-5-15-25-3)19(27)21-17-8-6-16(2)7-9-17/h6-9,18H,4-5,10-15H2,1-3H3,(H,21,27). The maximum atomic E-state index is 11.9. The lowest BCUT2D eigenvalue weighted by Gasteiger charge is -2.39. The van der Waals surface area contributed by atoms with Crippen LogP contribution < -0.4 is 5.32 Å². The quantitative estimate of drug-likeness (QED) is 0.564. The van der Waals surface area contributed by atoms with E-state index in [0.29, 0.717) is 32.3 Å². The highest BCUT2D eigenvalue weighted by molar-refractivity contribution is 7.80. The van der Waals surface area contributed by atoms with Gasteiger partial charge in [-0.25, -0.2) is 4.79 Å². The molecule has 6 nitrogen and oxygen atoms in total. The molecule has 7 heteroatoms. The van der Waals surface area contributed by atoms with Crippen LogP contribution in [0.4, 0.5) is 10.5 Å². The van der Waals surface area contributed by atoms with Crippen molar-refractivity contribution in [1.29, 1.82) is 0 Å². The fourth-order valence-corrected chi connectivity index (χ4v) is 3.59. The van der Waals surface area contributed by atoms with E-state index in [9.17, 15) is 4.79 Å². The van der Waals surface area contributed by atoms with Gasteiger partial charge in [0.1, 0.15) is 0 Å². The Morgan fingerprint density at radius 1 is 1.30 bits per heavy atom. The van der Waals surface area contributed by atoms with E-state index in [0.717, 1.165) is 36.6 Å². The number of thiocarbonyl (C=S) groups is 1. The predicted octanol–water partition coefficient (Wildman–Crippen LogP) is 3.65. The number of nitrogens with zero attached hydrogens (tertiary/aromatic N) is 2. The Morgan fingerprint density at radius 3 is 2.56 bits per heavy atom. The van der Waals surface area contributed by atoms with Gasteiger partial charge < -0.3 is 24.6 Å². The van der Waals surface area contributed by atoms with E-state index in [1.165, 1.54) is 5.56 Å². The summed E-state index contributed by atoms with van der Waals surface area (Å²) in [6.45, 7) is 7.22. The fraction of sp³-hybridized carbons (Fsp3) is 0.600. The van der Waals surface area contributed by atoms with Crippen LogP contribution in [0.25, 0.3) is 0 Å². The second-order valence-corrected chi connectivity index (χ2v) is 7.14. The Balaban J connectivity index is 1.97. The zero-order valence-corrected chi connectivity index (χ0v) is 17.4. The van der Waals surface area contributed by atoms with Gasteiger partial charge in [-0.05, 0) is 57.5 Å². The second-order valence-electron chi connectivity index (χ2n) is 6.75. The summed E-state index contributed by atoms with van der Waals surface area (Å²) in [5, 5.41) is 4.09. The highest BCUT2D eigenvalue weighted by Crippen LogP contribution is 2.20. The molecule has 1 amide bonds. The number of likely N-dealkylation sites (tertiary alicyclic amines) is 1. The first-order valence-electron chi connectivity index (χ1n) is 9.60. The number of aryl methyl sites for hydroxylation is 1. The van der Waals surface area contributed by atoms with Crippen LogP contribution in [0.5, 0.6) is 0 Å². The van der Waals surface area contributed by atoms with Crippen molar-refractivity contribution in [1.82, 2.24) is 9.80 Å². The first kappa shape index (κ1) is 21.4. The molecule has 0 aliphatic carbocycles. The van der Waals surface area contributed by atoms with E-state index in [1.54, 1.807) is 12.0 Å². The van der Waals surface area contributed by atoms with Gasteiger partial charge in [-0.3, -0.25) is 0 Å². The van der Waals surface area contributed by atoms with E-state index in [4.69, 9.17) is 21.7 Å². The lowest BCUT2D eigenvalue weighted by Crippen LogP contribution is -2.50. The number of rotatable bonds is 7. The molecule has 150 valence electrons. The maximum Gasteiger partial charge on any atom is 0.409 e.